The van der Waals surface area contributed by atoms with Gasteiger partial charge in [-0.1, -0.05) is 12.1 Å². The molecule has 0 unspecified atom stereocenters. The predicted octanol–water partition coefficient (Wildman–Crippen LogP) is 4.52. The van der Waals surface area contributed by atoms with Gasteiger partial charge < -0.3 is 9.32 Å². The van der Waals surface area contributed by atoms with Gasteiger partial charge in [-0.25, -0.2) is 4.98 Å². The number of oxazole rings is 1. The number of hydrogen-bond donors (Lipinski definition) is 0. The molecule has 0 bridgehead atoms. The Kier molecular flexibility index (Phi) is 4.74. The molecule has 0 radical (unpaired) electrons. The highest BCUT2D eigenvalue weighted by molar-refractivity contribution is 5.77. The lowest BCUT2D eigenvalue weighted by Gasteiger charge is -2.36. The van der Waals surface area contributed by atoms with E-state index in [4.69, 9.17) is 4.42 Å². The largest absolute Gasteiger partial charge is 0.436 e. The molecule has 2 aromatic heterocycles. The van der Waals surface area contributed by atoms with Crippen molar-refractivity contribution in [2.45, 2.75) is 13.5 Å². The Labute approximate surface area is 170 Å². The minimum absolute atomic E-state index is 0.679. The molecule has 0 N–H and O–H groups in total. The first-order valence-electron chi connectivity index (χ1n) is 10.1. The Morgan fingerprint density at radius 3 is 2.55 bits per heavy atom. The number of nitrogens with zero attached hydrogens (tertiary/aromatic N) is 4. The number of hydrogen-bond acceptors (Lipinski definition) is 5. The lowest BCUT2D eigenvalue weighted by Crippen LogP contribution is -2.45. The molecule has 5 heteroatoms. The fourth-order valence-electron chi connectivity index (χ4n) is 3.89. The maximum Gasteiger partial charge on any atom is 0.227 e. The van der Waals surface area contributed by atoms with E-state index < -0.39 is 0 Å². The van der Waals surface area contributed by atoms with Crippen LogP contribution in [0.1, 0.15) is 11.1 Å². The molecule has 0 atom stereocenters. The standard InChI is InChI=1S/C24H24N4O/c1-18-4-9-23-22(15-18)26-24(29-23)20-5-7-21(8-6-20)28-13-11-27(12-14-28)17-19-3-2-10-25-16-19/h2-10,15-16H,11-14,17H2,1H3. The second kappa shape index (κ2) is 7.68. The van der Waals surface area contributed by atoms with Gasteiger partial charge in [-0.05, 0) is 60.5 Å². The molecular weight excluding hydrogens is 360 g/mol. The van der Waals surface area contributed by atoms with Crippen LogP contribution >= 0.6 is 0 Å². The van der Waals surface area contributed by atoms with Crippen LogP contribution in [0.3, 0.4) is 0 Å². The van der Waals surface area contributed by atoms with E-state index in [2.05, 4.69) is 63.1 Å². The molecular formula is C24H24N4O. The summed E-state index contributed by atoms with van der Waals surface area (Å²) in [5.41, 5.74) is 6.47. The molecule has 4 aromatic rings. The van der Waals surface area contributed by atoms with Crippen LogP contribution in [0.4, 0.5) is 5.69 Å². The molecule has 29 heavy (non-hydrogen) atoms. The summed E-state index contributed by atoms with van der Waals surface area (Å²) in [6, 6.07) is 18.8. The molecule has 2 aromatic carbocycles. The van der Waals surface area contributed by atoms with Crippen molar-refractivity contribution in [3.63, 3.8) is 0 Å². The fraction of sp³-hybridized carbons (Fsp3) is 0.250. The second-order valence-electron chi connectivity index (χ2n) is 7.66. The van der Waals surface area contributed by atoms with Crippen molar-refractivity contribution in [2.24, 2.45) is 0 Å². The van der Waals surface area contributed by atoms with E-state index in [0.717, 1.165) is 49.4 Å². The highest BCUT2D eigenvalue weighted by Crippen LogP contribution is 2.27. The maximum atomic E-state index is 5.93. The van der Waals surface area contributed by atoms with Crippen molar-refractivity contribution in [1.29, 1.82) is 0 Å². The minimum Gasteiger partial charge on any atom is -0.436 e. The Balaban J connectivity index is 1.24. The number of benzene rings is 2. The lowest BCUT2D eigenvalue weighted by molar-refractivity contribution is 0.249. The van der Waals surface area contributed by atoms with E-state index in [1.165, 1.54) is 16.8 Å². The van der Waals surface area contributed by atoms with Gasteiger partial charge in [0.15, 0.2) is 5.58 Å². The van der Waals surface area contributed by atoms with E-state index >= 15 is 0 Å². The Bertz CT molecular complexity index is 1100. The first-order valence-corrected chi connectivity index (χ1v) is 10.1. The summed E-state index contributed by atoms with van der Waals surface area (Å²) in [5.74, 6) is 0.679. The van der Waals surface area contributed by atoms with Crippen LogP contribution in [-0.2, 0) is 6.54 Å². The molecule has 1 saturated heterocycles. The summed E-state index contributed by atoms with van der Waals surface area (Å²) >= 11 is 0. The van der Waals surface area contributed by atoms with Crippen LogP contribution < -0.4 is 4.90 Å². The molecule has 0 spiro atoms. The van der Waals surface area contributed by atoms with Gasteiger partial charge in [0.25, 0.3) is 0 Å². The van der Waals surface area contributed by atoms with Crippen molar-refractivity contribution in [2.75, 3.05) is 31.1 Å². The summed E-state index contributed by atoms with van der Waals surface area (Å²) < 4.78 is 5.93. The number of anilines is 1. The SMILES string of the molecule is Cc1ccc2oc(-c3ccc(N4CCN(Cc5cccnc5)CC4)cc3)nc2c1. The van der Waals surface area contributed by atoms with Crippen LogP contribution in [0.15, 0.2) is 71.4 Å². The van der Waals surface area contributed by atoms with Crippen molar-refractivity contribution < 1.29 is 4.42 Å². The zero-order valence-electron chi connectivity index (χ0n) is 16.6. The first-order chi connectivity index (χ1) is 14.2. The maximum absolute atomic E-state index is 5.93. The molecule has 0 saturated carbocycles. The monoisotopic (exact) mass is 384 g/mol. The molecule has 5 nitrogen and oxygen atoms in total. The van der Waals surface area contributed by atoms with Gasteiger partial charge in [0, 0.05) is 56.4 Å². The Morgan fingerprint density at radius 2 is 1.79 bits per heavy atom. The van der Waals surface area contributed by atoms with Crippen molar-refractivity contribution in [3.05, 3.63) is 78.1 Å². The van der Waals surface area contributed by atoms with Crippen molar-refractivity contribution >= 4 is 16.8 Å². The van der Waals surface area contributed by atoms with Gasteiger partial charge >= 0.3 is 0 Å². The van der Waals surface area contributed by atoms with E-state index in [1.54, 1.807) is 0 Å². The second-order valence-corrected chi connectivity index (χ2v) is 7.66. The number of aryl methyl sites for hydroxylation is 1. The third kappa shape index (κ3) is 3.87. The van der Waals surface area contributed by atoms with Gasteiger partial charge in [-0.2, -0.15) is 0 Å². The molecule has 146 valence electrons. The van der Waals surface area contributed by atoms with Crippen LogP contribution in [0.2, 0.25) is 0 Å². The quantitative estimate of drug-likeness (QED) is 0.518. The van der Waals surface area contributed by atoms with E-state index in [-0.39, 0.29) is 0 Å². The third-order valence-electron chi connectivity index (χ3n) is 5.52. The van der Waals surface area contributed by atoms with Gasteiger partial charge in [0.2, 0.25) is 5.89 Å². The fourth-order valence-corrected chi connectivity index (χ4v) is 3.89. The van der Waals surface area contributed by atoms with Crippen molar-refractivity contribution in [1.82, 2.24) is 14.9 Å². The summed E-state index contributed by atoms with van der Waals surface area (Å²) in [7, 11) is 0. The number of aromatic nitrogens is 2. The smallest absolute Gasteiger partial charge is 0.227 e. The predicted molar refractivity (Wildman–Crippen MR) is 116 cm³/mol. The summed E-state index contributed by atoms with van der Waals surface area (Å²) in [6.07, 6.45) is 3.78. The summed E-state index contributed by atoms with van der Waals surface area (Å²) in [6.45, 7) is 7.21. The number of pyridine rings is 1. The van der Waals surface area contributed by atoms with Crippen LogP contribution in [0, 0.1) is 6.92 Å². The molecule has 3 heterocycles. The van der Waals surface area contributed by atoms with Gasteiger partial charge in [-0.15, -0.1) is 0 Å². The van der Waals surface area contributed by atoms with Crippen molar-refractivity contribution in [3.8, 4) is 11.5 Å². The number of fused-ring (bicyclic) bond motifs is 1. The third-order valence-corrected chi connectivity index (χ3v) is 5.52. The number of rotatable bonds is 4. The normalized spacial score (nSPS) is 15.1. The van der Waals surface area contributed by atoms with Crippen LogP contribution in [0.25, 0.3) is 22.6 Å². The molecule has 1 aliphatic rings. The highest BCUT2D eigenvalue weighted by Gasteiger charge is 2.18. The van der Waals surface area contributed by atoms with Gasteiger partial charge in [0.1, 0.15) is 5.52 Å². The average Bonchev–Trinajstić information content (AvgIpc) is 3.18. The molecule has 5 rings (SSSR count). The topological polar surface area (TPSA) is 45.4 Å². The average molecular weight is 384 g/mol. The van der Waals surface area contributed by atoms with Gasteiger partial charge in [0.05, 0.1) is 0 Å². The molecule has 1 aliphatic heterocycles. The molecule has 0 aliphatic carbocycles. The minimum atomic E-state index is 0.679. The first kappa shape index (κ1) is 17.9. The Hall–Kier alpha value is -3.18. The Morgan fingerprint density at radius 1 is 0.966 bits per heavy atom. The zero-order valence-corrected chi connectivity index (χ0v) is 16.6. The highest BCUT2D eigenvalue weighted by atomic mass is 16.3. The van der Waals surface area contributed by atoms with E-state index in [0.29, 0.717) is 5.89 Å². The summed E-state index contributed by atoms with van der Waals surface area (Å²) in [5, 5.41) is 0. The van der Waals surface area contributed by atoms with E-state index in [9.17, 15) is 0 Å². The van der Waals surface area contributed by atoms with Gasteiger partial charge in [-0.3, -0.25) is 9.88 Å². The zero-order chi connectivity index (χ0) is 19.6. The summed E-state index contributed by atoms with van der Waals surface area (Å²) in [4.78, 5) is 13.8. The number of piperazine rings is 1. The van der Waals surface area contributed by atoms with E-state index in [1.807, 2.05) is 30.6 Å². The molecule has 0 amide bonds. The molecule has 1 fully saturated rings. The van der Waals surface area contributed by atoms with Crippen LogP contribution in [-0.4, -0.2) is 41.0 Å². The lowest BCUT2D eigenvalue weighted by atomic mass is 10.1. The van der Waals surface area contributed by atoms with Crippen LogP contribution in [0.5, 0.6) is 0 Å².